The summed E-state index contributed by atoms with van der Waals surface area (Å²) in [5, 5.41) is 0. The maximum atomic E-state index is 10.3. The van der Waals surface area contributed by atoms with E-state index in [0.717, 1.165) is 0 Å². The normalized spacial score (nSPS) is 25.2. The van der Waals surface area contributed by atoms with Gasteiger partial charge in [0.25, 0.3) is 0 Å². The van der Waals surface area contributed by atoms with Gasteiger partial charge in [0.15, 0.2) is 11.6 Å². The van der Waals surface area contributed by atoms with Gasteiger partial charge < -0.3 is 0 Å². The molecular weight excluding hydrogens is 151 g/mol. The van der Waals surface area contributed by atoms with Crippen LogP contribution in [0.25, 0.3) is 0 Å². The predicted molar refractivity (Wildman–Crippen MR) is 29.1 cm³/mol. The predicted octanol–water partition coefficient (Wildman–Crippen LogP) is 0.702. The Hall–Kier alpha value is -0.0800. The van der Waals surface area contributed by atoms with Gasteiger partial charge in [-0.15, -0.1) is 0 Å². The van der Waals surface area contributed by atoms with Crippen LogP contribution in [0.15, 0.2) is 0 Å². The van der Waals surface area contributed by atoms with Crippen LogP contribution in [0.4, 0.5) is 0 Å². The average molecular weight is 153 g/mol. The van der Waals surface area contributed by atoms with Crippen LogP contribution >= 0.6 is 23.2 Å². The van der Waals surface area contributed by atoms with Crippen LogP contribution in [0.5, 0.6) is 0 Å². The maximum Gasteiger partial charge on any atom is 0.234 e. The first-order chi connectivity index (χ1) is 3.55. The first kappa shape index (κ1) is 6.05. The van der Waals surface area contributed by atoms with E-state index in [1.807, 2.05) is 0 Å². The average Bonchev–Trinajstić information content (AvgIpc) is 1.68. The summed E-state index contributed by atoms with van der Waals surface area (Å²) in [6, 6.07) is 0. The lowest BCUT2D eigenvalue weighted by Gasteiger charge is -2.24. The van der Waals surface area contributed by atoms with Crippen molar-refractivity contribution in [3.8, 4) is 0 Å². The number of carbonyl (C=O) groups is 2. The molecule has 8 heavy (non-hydrogen) atoms. The molecule has 1 aliphatic carbocycles. The van der Waals surface area contributed by atoms with Gasteiger partial charge in [0, 0.05) is 0 Å². The first-order valence-corrected chi connectivity index (χ1v) is 2.75. The van der Waals surface area contributed by atoms with E-state index in [1.54, 1.807) is 0 Å². The van der Waals surface area contributed by atoms with Crippen LogP contribution in [0, 0.1) is 0 Å². The van der Waals surface area contributed by atoms with E-state index in [1.165, 1.54) is 0 Å². The zero-order valence-corrected chi connectivity index (χ0v) is 5.29. The highest BCUT2D eigenvalue weighted by Gasteiger charge is 2.51. The number of Topliss-reactive ketones (excluding diaryl/α,β-unsaturated/α-hetero) is 2. The second kappa shape index (κ2) is 1.45. The molecule has 0 aromatic rings. The fourth-order valence-corrected chi connectivity index (χ4v) is 0.684. The maximum absolute atomic E-state index is 10.3. The molecule has 1 rings (SSSR count). The molecule has 0 heterocycles. The van der Waals surface area contributed by atoms with Crippen LogP contribution in [-0.2, 0) is 9.59 Å². The van der Waals surface area contributed by atoms with Crippen molar-refractivity contribution in [2.24, 2.45) is 0 Å². The molecule has 1 fully saturated rings. The summed E-state index contributed by atoms with van der Waals surface area (Å²) in [4.78, 5) is 20.6. The monoisotopic (exact) mass is 152 g/mol. The third-order valence-corrected chi connectivity index (χ3v) is 1.86. The van der Waals surface area contributed by atoms with Gasteiger partial charge in [0.1, 0.15) is 0 Å². The molecule has 0 unspecified atom stereocenters. The minimum Gasteiger partial charge on any atom is -0.295 e. The quantitative estimate of drug-likeness (QED) is 0.379. The van der Waals surface area contributed by atoms with Gasteiger partial charge >= 0.3 is 0 Å². The molecule has 0 aromatic carbocycles. The molecule has 0 bridgehead atoms. The largest absolute Gasteiger partial charge is 0.295 e. The summed E-state index contributed by atoms with van der Waals surface area (Å²) < 4.78 is -1.69. The highest BCUT2D eigenvalue weighted by molar-refractivity contribution is 6.73. The molecule has 1 saturated carbocycles. The molecule has 4 heteroatoms. The van der Waals surface area contributed by atoms with Gasteiger partial charge in [-0.2, -0.15) is 0 Å². The second-order valence-electron chi connectivity index (χ2n) is 1.60. The number of rotatable bonds is 0. The van der Waals surface area contributed by atoms with Crippen molar-refractivity contribution in [3.63, 3.8) is 0 Å². The molecule has 0 saturated heterocycles. The number of hydrogen-bond donors (Lipinski definition) is 0. The Morgan fingerprint density at radius 1 is 1.25 bits per heavy atom. The Labute approximate surface area is 55.8 Å². The SMILES string of the molecule is O=C1CC(=O)C1(Cl)Cl. The van der Waals surface area contributed by atoms with E-state index in [4.69, 9.17) is 23.2 Å². The van der Waals surface area contributed by atoms with Gasteiger partial charge in [0.05, 0.1) is 6.42 Å². The van der Waals surface area contributed by atoms with Crippen LogP contribution in [0.3, 0.4) is 0 Å². The molecule has 1 aliphatic rings. The van der Waals surface area contributed by atoms with Crippen LogP contribution in [-0.4, -0.2) is 15.9 Å². The molecule has 0 radical (unpaired) electrons. The Morgan fingerprint density at radius 3 is 1.62 bits per heavy atom. The van der Waals surface area contributed by atoms with Gasteiger partial charge in [-0.1, -0.05) is 23.2 Å². The fourth-order valence-electron chi connectivity index (χ4n) is 0.417. The summed E-state index contributed by atoms with van der Waals surface area (Å²) >= 11 is 10.3. The topological polar surface area (TPSA) is 34.1 Å². The zero-order valence-electron chi connectivity index (χ0n) is 3.78. The smallest absolute Gasteiger partial charge is 0.234 e. The number of carbonyl (C=O) groups excluding carboxylic acids is 2. The standard InChI is InChI=1S/C4H2Cl2O2/c5-4(6)2(7)1-3(4)8/h1H2. The fraction of sp³-hybridized carbons (Fsp3) is 0.500. The van der Waals surface area contributed by atoms with Crippen molar-refractivity contribution in [3.05, 3.63) is 0 Å². The van der Waals surface area contributed by atoms with Crippen molar-refractivity contribution < 1.29 is 9.59 Å². The van der Waals surface area contributed by atoms with E-state index in [0.29, 0.717) is 0 Å². The third kappa shape index (κ3) is 0.565. The Balaban J connectivity index is 2.81. The highest BCUT2D eigenvalue weighted by Crippen LogP contribution is 2.34. The van der Waals surface area contributed by atoms with E-state index in [2.05, 4.69) is 0 Å². The van der Waals surface area contributed by atoms with Crippen molar-refractivity contribution >= 4 is 34.8 Å². The zero-order chi connectivity index (χ0) is 6.36. The van der Waals surface area contributed by atoms with Crippen molar-refractivity contribution in [1.82, 2.24) is 0 Å². The second-order valence-corrected chi connectivity index (χ2v) is 2.92. The molecule has 0 aromatic heterocycles. The van der Waals surface area contributed by atoms with Gasteiger partial charge in [-0.25, -0.2) is 0 Å². The van der Waals surface area contributed by atoms with Crippen LogP contribution in [0.1, 0.15) is 6.42 Å². The van der Waals surface area contributed by atoms with E-state index >= 15 is 0 Å². The van der Waals surface area contributed by atoms with Crippen molar-refractivity contribution in [2.45, 2.75) is 10.8 Å². The Kier molecular flexibility index (Phi) is 1.10. The van der Waals surface area contributed by atoms with E-state index < -0.39 is 15.9 Å². The summed E-state index contributed by atoms with van der Waals surface area (Å²) in [6.07, 6.45) is -0.104. The minimum absolute atomic E-state index is 0.104. The summed E-state index contributed by atoms with van der Waals surface area (Å²) in [6.45, 7) is 0. The van der Waals surface area contributed by atoms with Crippen LogP contribution < -0.4 is 0 Å². The molecule has 0 spiro atoms. The Morgan fingerprint density at radius 2 is 1.62 bits per heavy atom. The lowest BCUT2D eigenvalue weighted by Crippen LogP contribution is -2.48. The lowest BCUT2D eigenvalue weighted by atomic mass is 9.95. The van der Waals surface area contributed by atoms with Gasteiger partial charge in [0.2, 0.25) is 4.33 Å². The first-order valence-electron chi connectivity index (χ1n) is 1.99. The number of halogens is 2. The molecule has 0 N–H and O–H groups in total. The summed E-state index contributed by atoms with van der Waals surface area (Å²) in [7, 11) is 0. The number of alkyl halides is 2. The van der Waals surface area contributed by atoms with Crippen molar-refractivity contribution in [2.75, 3.05) is 0 Å². The van der Waals surface area contributed by atoms with E-state index in [9.17, 15) is 9.59 Å². The third-order valence-electron chi connectivity index (χ3n) is 1.02. The lowest BCUT2D eigenvalue weighted by molar-refractivity contribution is -0.138. The molecule has 44 valence electrons. The molecular formula is C4H2Cl2O2. The Bertz CT molecular complexity index is 145. The molecule has 0 aliphatic heterocycles. The van der Waals surface area contributed by atoms with Gasteiger partial charge in [-0.3, -0.25) is 9.59 Å². The number of ketones is 2. The minimum atomic E-state index is -1.69. The van der Waals surface area contributed by atoms with Crippen molar-refractivity contribution in [1.29, 1.82) is 0 Å². The number of hydrogen-bond acceptors (Lipinski definition) is 2. The van der Waals surface area contributed by atoms with Crippen LogP contribution in [0.2, 0.25) is 0 Å². The molecule has 0 atom stereocenters. The van der Waals surface area contributed by atoms with Gasteiger partial charge in [-0.05, 0) is 0 Å². The molecule has 0 amide bonds. The summed E-state index contributed by atoms with van der Waals surface area (Å²) in [5.74, 6) is -0.795. The molecule has 2 nitrogen and oxygen atoms in total. The summed E-state index contributed by atoms with van der Waals surface area (Å²) in [5.41, 5.74) is 0. The highest BCUT2D eigenvalue weighted by atomic mass is 35.5. The van der Waals surface area contributed by atoms with E-state index in [-0.39, 0.29) is 6.42 Å².